The Morgan fingerprint density at radius 2 is 1.94 bits per heavy atom. The Labute approximate surface area is 178 Å². The number of amides is 1. The third-order valence-electron chi connectivity index (χ3n) is 5.31. The summed E-state index contributed by atoms with van der Waals surface area (Å²) in [4.78, 5) is 24.6. The first-order valence-corrected chi connectivity index (χ1v) is 11.4. The van der Waals surface area contributed by atoms with Crippen LogP contribution in [0.1, 0.15) is 26.0 Å². The van der Waals surface area contributed by atoms with Gasteiger partial charge in [0.25, 0.3) is 0 Å². The predicted molar refractivity (Wildman–Crippen MR) is 112 cm³/mol. The molecule has 0 bridgehead atoms. The second kappa shape index (κ2) is 7.97. The first-order chi connectivity index (χ1) is 14.6. The largest absolute Gasteiger partial charge is 0.420 e. The number of hydrogen-bond donors (Lipinski definition) is 1. The topological polar surface area (TPSA) is 128 Å². The van der Waals surface area contributed by atoms with Crippen LogP contribution in [0.2, 0.25) is 0 Å². The molecule has 2 atom stereocenters. The molecular weight excluding hydrogens is 424 g/mol. The molecule has 11 heteroatoms. The van der Waals surface area contributed by atoms with Crippen molar-refractivity contribution >= 4 is 32.8 Å². The summed E-state index contributed by atoms with van der Waals surface area (Å²) in [7, 11) is -3.72. The number of aryl methyl sites for hydroxylation is 1. The number of sulfonamides is 1. The van der Waals surface area contributed by atoms with Gasteiger partial charge in [-0.05, 0) is 37.3 Å². The van der Waals surface area contributed by atoms with Crippen molar-refractivity contribution < 1.29 is 22.2 Å². The smallest absolute Gasteiger partial charge is 0.408 e. The van der Waals surface area contributed by atoms with Crippen LogP contribution < -0.4 is 11.1 Å². The molecular formula is C20H24N4O6S. The van der Waals surface area contributed by atoms with Crippen molar-refractivity contribution in [3.8, 4) is 0 Å². The van der Waals surface area contributed by atoms with E-state index in [-0.39, 0.29) is 34.7 Å². The summed E-state index contributed by atoms with van der Waals surface area (Å²) in [5.74, 6) is 0.0677. The van der Waals surface area contributed by atoms with Gasteiger partial charge in [-0.3, -0.25) is 9.36 Å². The number of fused-ring (bicyclic) bond motifs is 1. The number of piperidine rings is 1. The van der Waals surface area contributed by atoms with Gasteiger partial charge in [-0.25, -0.2) is 13.2 Å². The average molecular weight is 449 g/mol. The summed E-state index contributed by atoms with van der Waals surface area (Å²) in [6.45, 7) is 6.35. The van der Waals surface area contributed by atoms with Crippen LogP contribution in [0.5, 0.6) is 0 Å². The fourth-order valence-corrected chi connectivity index (χ4v) is 5.75. The van der Waals surface area contributed by atoms with Gasteiger partial charge in [-0.2, -0.15) is 4.31 Å². The van der Waals surface area contributed by atoms with Gasteiger partial charge >= 0.3 is 5.76 Å². The van der Waals surface area contributed by atoms with Crippen molar-refractivity contribution in [3.05, 3.63) is 40.6 Å². The Hall–Kier alpha value is -2.92. The number of carbonyl (C=O) groups is 1. The molecule has 1 amide bonds. The van der Waals surface area contributed by atoms with Crippen LogP contribution in [0.15, 0.2) is 42.9 Å². The molecule has 0 spiro atoms. The maximum absolute atomic E-state index is 13.1. The molecule has 1 N–H and O–H groups in total. The van der Waals surface area contributed by atoms with Gasteiger partial charge in [-0.1, -0.05) is 19.0 Å². The van der Waals surface area contributed by atoms with Gasteiger partial charge in [0.05, 0.1) is 10.4 Å². The van der Waals surface area contributed by atoms with Gasteiger partial charge in [0.1, 0.15) is 12.3 Å². The third kappa shape index (κ3) is 4.28. The van der Waals surface area contributed by atoms with E-state index in [1.807, 2.05) is 13.8 Å². The lowest BCUT2D eigenvalue weighted by Gasteiger charge is -2.34. The van der Waals surface area contributed by atoms with E-state index < -0.39 is 21.7 Å². The Morgan fingerprint density at radius 1 is 1.23 bits per heavy atom. The standard InChI is InChI=1S/C20H24N4O6S/c1-12-6-13(2)10-23(9-12)31(27,28)15-4-5-16-17(8-15)29-20(26)24(16)11-19(25)21-18-7-14(3)30-22-18/h4-5,7-8,12-13H,6,9-11H2,1-3H3,(H,21,22,25)/t12-,13+. The van der Waals surface area contributed by atoms with E-state index in [0.29, 0.717) is 24.4 Å². The number of benzene rings is 1. The summed E-state index contributed by atoms with van der Waals surface area (Å²) in [6, 6.07) is 5.81. The number of aromatic nitrogens is 2. The van der Waals surface area contributed by atoms with Crippen molar-refractivity contribution in [2.45, 2.75) is 38.6 Å². The van der Waals surface area contributed by atoms with E-state index in [4.69, 9.17) is 8.94 Å². The van der Waals surface area contributed by atoms with E-state index in [1.165, 1.54) is 22.5 Å². The molecule has 1 fully saturated rings. The summed E-state index contributed by atoms with van der Waals surface area (Å²) in [5, 5.41) is 6.21. The highest BCUT2D eigenvalue weighted by Gasteiger charge is 2.32. The second-order valence-electron chi connectivity index (χ2n) is 8.22. The Morgan fingerprint density at radius 3 is 2.58 bits per heavy atom. The second-order valence-corrected chi connectivity index (χ2v) is 10.2. The van der Waals surface area contributed by atoms with Crippen LogP contribution in [0.3, 0.4) is 0 Å². The summed E-state index contributed by atoms with van der Waals surface area (Å²) in [5.41, 5.74) is 0.435. The van der Waals surface area contributed by atoms with E-state index in [2.05, 4.69) is 10.5 Å². The Balaban J connectivity index is 1.59. The normalized spacial score (nSPS) is 20.2. The average Bonchev–Trinajstić information content (AvgIpc) is 3.23. The lowest BCUT2D eigenvalue weighted by Crippen LogP contribution is -2.42. The molecule has 0 aliphatic carbocycles. The molecule has 1 aromatic carbocycles. The van der Waals surface area contributed by atoms with Crippen molar-refractivity contribution in [1.29, 1.82) is 0 Å². The number of nitrogens with zero attached hydrogens (tertiary/aromatic N) is 3. The zero-order chi connectivity index (χ0) is 22.3. The van der Waals surface area contributed by atoms with Gasteiger partial charge in [0, 0.05) is 25.2 Å². The van der Waals surface area contributed by atoms with Gasteiger partial charge in [0.15, 0.2) is 11.4 Å². The summed E-state index contributed by atoms with van der Waals surface area (Å²) < 4.78 is 39.0. The Kier molecular flexibility index (Phi) is 5.48. The zero-order valence-electron chi connectivity index (χ0n) is 17.5. The highest BCUT2D eigenvalue weighted by Crippen LogP contribution is 2.28. The zero-order valence-corrected chi connectivity index (χ0v) is 18.3. The number of oxazole rings is 1. The van der Waals surface area contributed by atoms with Gasteiger partial charge in [0.2, 0.25) is 15.9 Å². The first-order valence-electron chi connectivity index (χ1n) is 10.00. The molecule has 0 saturated carbocycles. The molecule has 10 nitrogen and oxygen atoms in total. The van der Waals surface area contributed by atoms with E-state index in [9.17, 15) is 18.0 Å². The molecule has 31 heavy (non-hydrogen) atoms. The van der Waals surface area contributed by atoms with Crippen molar-refractivity contribution in [3.63, 3.8) is 0 Å². The maximum atomic E-state index is 13.1. The van der Waals surface area contributed by atoms with Crippen LogP contribution in [-0.4, -0.2) is 41.4 Å². The predicted octanol–water partition coefficient (Wildman–Crippen LogP) is 2.20. The van der Waals surface area contributed by atoms with Crippen LogP contribution in [-0.2, 0) is 21.4 Å². The molecule has 166 valence electrons. The minimum absolute atomic E-state index is 0.0599. The van der Waals surface area contributed by atoms with Crippen LogP contribution in [0, 0.1) is 18.8 Å². The maximum Gasteiger partial charge on any atom is 0.420 e. The van der Waals surface area contributed by atoms with Crippen molar-refractivity contribution in [1.82, 2.24) is 14.0 Å². The van der Waals surface area contributed by atoms with E-state index in [0.717, 1.165) is 11.0 Å². The molecule has 1 saturated heterocycles. The third-order valence-corrected chi connectivity index (χ3v) is 7.14. The molecule has 0 unspecified atom stereocenters. The number of nitrogens with one attached hydrogen (secondary N) is 1. The van der Waals surface area contributed by atoms with Crippen molar-refractivity contribution in [2.75, 3.05) is 18.4 Å². The minimum Gasteiger partial charge on any atom is -0.408 e. The van der Waals surface area contributed by atoms with E-state index >= 15 is 0 Å². The van der Waals surface area contributed by atoms with E-state index in [1.54, 1.807) is 13.0 Å². The van der Waals surface area contributed by atoms with Crippen molar-refractivity contribution in [2.24, 2.45) is 11.8 Å². The first kappa shape index (κ1) is 21.3. The summed E-state index contributed by atoms with van der Waals surface area (Å²) >= 11 is 0. The summed E-state index contributed by atoms with van der Waals surface area (Å²) in [6.07, 6.45) is 0.985. The fourth-order valence-electron chi connectivity index (χ4n) is 4.06. The van der Waals surface area contributed by atoms with Gasteiger partial charge < -0.3 is 14.3 Å². The molecule has 0 radical (unpaired) electrons. The number of rotatable bonds is 5. The molecule has 1 aliphatic heterocycles. The highest BCUT2D eigenvalue weighted by atomic mass is 32.2. The highest BCUT2D eigenvalue weighted by molar-refractivity contribution is 7.89. The number of hydrogen-bond acceptors (Lipinski definition) is 7. The molecule has 4 rings (SSSR count). The number of carbonyl (C=O) groups excluding carboxylic acids is 1. The molecule has 2 aromatic heterocycles. The molecule has 3 heterocycles. The van der Waals surface area contributed by atoms with Crippen LogP contribution >= 0.6 is 0 Å². The van der Waals surface area contributed by atoms with Crippen LogP contribution in [0.25, 0.3) is 11.1 Å². The molecule has 3 aromatic rings. The fraction of sp³-hybridized carbons (Fsp3) is 0.450. The molecule has 1 aliphatic rings. The minimum atomic E-state index is -3.72. The Bertz CT molecular complexity index is 1280. The monoisotopic (exact) mass is 448 g/mol. The lowest BCUT2D eigenvalue weighted by atomic mass is 9.94. The SMILES string of the molecule is Cc1cc(NC(=O)Cn2c(=O)oc3cc(S(=O)(=O)N4C[C@H](C)C[C@H](C)C4)ccc32)no1. The number of anilines is 1. The quantitative estimate of drug-likeness (QED) is 0.634. The van der Waals surface area contributed by atoms with Gasteiger partial charge in [-0.15, -0.1) is 0 Å². The lowest BCUT2D eigenvalue weighted by molar-refractivity contribution is -0.116. The van der Waals surface area contributed by atoms with Crippen LogP contribution in [0.4, 0.5) is 5.82 Å².